The van der Waals surface area contributed by atoms with E-state index in [9.17, 15) is 9.90 Å². The second-order valence-electron chi connectivity index (χ2n) is 3.95. The molecule has 0 aliphatic carbocycles. The van der Waals surface area contributed by atoms with E-state index in [2.05, 4.69) is 5.10 Å². The number of aliphatic hydroxyl groups is 1. The topological polar surface area (TPSA) is 75.3 Å². The van der Waals surface area contributed by atoms with Gasteiger partial charge in [-0.15, -0.1) is 0 Å². The average molecular weight is 212 g/mol. The monoisotopic (exact) mass is 212 g/mol. The molecule has 1 aromatic rings. The number of nitrogens with zero attached hydrogens (tertiary/aromatic N) is 2. The molecule has 0 aliphatic heterocycles. The van der Waals surface area contributed by atoms with Crippen LogP contribution in [0, 0.1) is 5.92 Å². The second-order valence-corrected chi connectivity index (χ2v) is 3.95. The van der Waals surface area contributed by atoms with Crippen molar-refractivity contribution in [3.63, 3.8) is 0 Å². The highest BCUT2D eigenvalue weighted by Crippen LogP contribution is 2.16. The fourth-order valence-electron chi connectivity index (χ4n) is 1.39. The van der Waals surface area contributed by atoms with Crippen LogP contribution in [0.3, 0.4) is 0 Å². The van der Waals surface area contributed by atoms with Gasteiger partial charge in [0.1, 0.15) is 6.10 Å². The maximum Gasteiger partial charge on any atom is 0.306 e. The van der Waals surface area contributed by atoms with Gasteiger partial charge in [-0.05, 0) is 12.0 Å². The van der Waals surface area contributed by atoms with Gasteiger partial charge < -0.3 is 10.2 Å². The Morgan fingerprint density at radius 1 is 1.60 bits per heavy atom. The number of rotatable bonds is 5. The Labute approximate surface area is 88.3 Å². The van der Waals surface area contributed by atoms with Crippen LogP contribution in [-0.2, 0) is 11.3 Å². The standard InChI is InChI=1S/C10H16N2O3/c1-7(2)6-12-8(3-4-11-12)9(13)5-10(14)15/h3-4,7,9,13H,5-6H2,1-2H3,(H,14,15). The van der Waals surface area contributed by atoms with Crippen molar-refractivity contribution in [3.05, 3.63) is 18.0 Å². The molecule has 0 aliphatic rings. The Hall–Kier alpha value is -1.36. The van der Waals surface area contributed by atoms with Gasteiger partial charge in [-0.1, -0.05) is 13.8 Å². The Balaban J connectivity index is 2.75. The lowest BCUT2D eigenvalue weighted by Crippen LogP contribution is -2.14. The predicted molar refractivity (Wildman–Crippen MR) is 54.3 cm³/mol. The first-order valence-electron chi connectivity index (χ1n) is 4.92. The van der Waals surface area contributed by atoms with E-state index in [0.717, 1.165) is 0 Å². The summed E-state index contributed by atoms with van der Waals surface area (Å²) in [4.78, 5) is 10.4. The summed E-state index contributed by atoms with van der Waals surface area (Å²) < 4.78 is 1.65. The summed E-state index contributed by atoms with van der Waals surface area (Å²) in [5, 5.41) is 22.2. The van der Waals surface area contributed by atoms with E-state index in [1.165, 1.54) is 0 Å². The molecule has 0 radical (unpaired) electrons. The molecule has 0 saturated heterocycles. The van der Waals surface area contributed by atoms with Gasteiger partial charge >= 0.3 is 5.97 Å². The summed E-state index contributed by atoms with van der Waals surface area (Å²) in [5.74, 6) is -0.611. The fourth-order valence-corrected chi connectivity index (χ4v) is 1.39. The van der Waals surface area contributed by atoms with Gasteiger partial charge in [-0.3, -0.25) is 9.48 Å². The third-order valence-corrected chi connectivity index (χ3v) is 2.00. The van der Waals surface area contributed by atoms with Crippen LogP contribution in [0.5, 0.6) is 0 Å². The molecule has 2 N–H and O–H groups in total. The summed E-state index contributed by atoms with van der Waals surface area (Å²) in [6, 6.07) is 1.65. The Morgan fingerprint density at radius 2 is 2.27 bits per heavy atom. The maximum absolute atomic E-state index is 10.4. The number of hydrogen-bond donors (Lipinski definition) is 2. The van der Waals surface area contributed by atoms with Crippen molar-refractivity contribution >= 4 is 5.97 Å². The molecule has 5 nitrogen and oxygen atoms in total. The largest absolute Gasteiger partial charge is 0.481 e. The first kappa shape index (κ1) is 11.7. The van der Waals surface area contributed by atoms with Crippen molar-refractivity contribution in [2.75, 3.05) is 0 Å². The Morgan fingerprint density at radius 3 is 2.80 bits per heavy atom. The Kier molecular flexibility index (Phi) is 3.85. The van der Waals surface area contributed by atoms with Crippen LogP contribution in [0.15, 0.2) is 12.3 Å². The number of aliphatic carboxylic acids is 1. The zero-order valence-corrected chi connectivity index (χ0v) is 8.92. The van der Waals surface area contributed by atoms with Crippen LogP contribution < -0.4 is 0 Å². The normalized spacial score (nSPS) is 13.1. The molecule has 0 saturated carbocycles. The van der Waals surface area contributed by atoms with E-state index >= 15 is 0 Å². The number of carboxylic acids is 1. The second kappa shape index (κ2) is 4.93. The minimum atomic E-state index is -1.01. The van der Waals surface area contributed by atoms with Crippen LogP contribution in [0.25, 0.3) is 0 Å². The van der Waals surface area contributed by atoms with E-state index in [4.69, 9.17) is 5.11 Å². The summed E-state index contributed by atoms with van der Waals surface area (Å²) in [6.07, 6.45) is 0.302. The van der Waals surface area contributed by atoms with Crippen LogP contribution in [0.2, 0.25) is 0 Å². The lowest BCUT2D eigenvalue weighted by atomic mass is 10.1. The average Bonchev–Trinajstić information content (AvgIpc) is 2.49. The number of hydrogen-bond acceptors (Lipinski definition) is 3. The maximum atomic E-state index is 10.4. The molecule has 0 amide bonds. The molecule has 1 heterocycles. The van der Waals surface area contributed by atoms with Crippen molar-refractivity contribution in [2.45, 2.75) is 32.9 Å². The van der Waals surface area contributed by atoms with Crippen molar-refractivity contribution in [3.8, 4) is 0 Å². The molecule has 5 heteroatoms. The fraction of sp³-hybridized carbons (Fsp3) is 0.600. The zero-order valence-electron chi connectivity index (χ0n) is 8.92. The van der Waals surface area contributed by atoms with Gasteiger partial charge in [0.15, 0.2) is 0 Å². The first-order valence-corrected chi connectivity index (χ1v) is 4.92. The van der Waals surface area contributed by atoms with E-state index in [-0.39, 0.29) is 6.42 Å². The minimum Gasteiger partial charge on any atom is -0.481 e. The molecule has 0 bridgehead atoms. The van der Waals surface area contributed by atoms with Gasteiger partial charge in [0.2, 0.25) is 0 Å². The lowest BCUT2D eigenvalue weighted by Gasteiger charge is -2.13. The summed E-state index contributed by atoms with van der Waals surface area (Å²) in [5.41, 5.74) is 0.561. The van der Waals surface area contributed by atoms with Gasteiger partial charge in [0.05, 0.1) is 12.1 Å². The summed E-state index contributed by atoms with van der Waals surface area (Å²) in [6.45, 7) is 4.75. The zero-order chi connectivity index (χ0) is 11.4. The van der Waals surface area contributed by atoms with Crippen LogP contribution in [0.1, 0.15) is 32.1 Å². The Bertz CT molecular complexity index is 333. The van der Waals surface area contributed by atoms with E-state index in [1.54, 1.807) is 16.9 Å². The SMILES string of the molecule is CC(C)Cn1nccc1C(O)CC(=O)O. The van der Waals surface area contributed by atoms with Gasteiger partial charge in [-0.2, -0.15) is 5.10 Å². The number of aromatic nitrogens is 2. The number of carboxylic acid groups (broad SMARTS) is 1. The predicted octanol–water partition coefficient (Wildman–Crippen LogP) is 1.05. The molecule has 0 spiro atoms. The van der Waals surface area contributed by atoms with Crippen LogP contribution in [-0.4, -0.2) is 26.0 Å². The van der Waals surface area contributed by atoms with Crippen molar-refractivity contribution in [2.24, 2.45) is 5.92 Å². The minimum absolute atomic E-state index is 0.288. The first-order chi connectivity index (χ1) is 7.00. The van der Waals surface area contributed by atoms with Crippen molar-refractivity contribution < 1.29 is 15.0 Å². The number of aliphatic hydroxyl groups excluding tert-OH is 1. The molecular formula is C10H16N2O3. The molecular weight excluding hydrogens is 196 g/mol. The highest BCUT2D eigenvalue weighted by atomic mass is 16.4. The molecule has 1 rings (SSSR count). The molecule has 0 aromatic carbocycles. The molecule has 1 aromatic heterocycles. The van der Waals surface area contributed by atoms with Crippen molar-refractivity contribution in [1.82, 2.24) is 9.78 Å². The smallest absolute Gasteiger partial charge is 0.306 e. The molecule has 1 atom stereocenters. The summed E-state index contributed by atoms with van der Waals surface area (Å²) >= 11 is 0. The molecule has 1 unspecified atom stereocenters. The van der Waals surface area contributed by atoms with E-state index in [1.807, 2.05) is 13.8 Å². The summed E-state index contributed by atoms with van der Waals surface area (Å²) in [7, 11) is 0. The third kappa shape index (κ3) is 3.36. The molecule has 84 valence electrons. The van der Waals surface area contributed by atoms with Gasteiger partial charge in [0, 0.05) is 12.7 Å². The third-order valence-electron chi connectivity index (χ3n) is 2.00. The lowest BCUT2D eigenvalue weighted by molar-refractivity contribution is -0.139. The quantitative estimate of drug-likeness (QED) is 0.764. The highest BCUT2D eigenvalue weighted by molar-refractivity contribution is 5.67. The molecule has 0 fully saturated rings. The number of carbonyl (C=O) groups is 1. The van der Waals surface area contributed by atoms with E-state index < -0.39 is 12.1 Å². The van der Waals surface area contributed by atoms with Crippen LogP contribution >= 0.6 is 0 Å². The van der Waals surface area contributed by atoms with Crippen molar-refractivity contribution in [1.29, 1.82) is 0 Å². The van der Waals surface area contributed by atoms with E-state index in [0.29, 0.717) is 18.2 Å². The van der Waals surface area contributed by atoms with Gasteiger partial charge in [0.25, 0.3) is 0 Å². The molecule has 15 heavy (non-hydrogen) atoms. The highest BCUT2D eigenvalue weighted by Gasteiger charge is 2.16. The van der Waals surface area contributed by atoms with Crippen LogP contribution in [0.4, 0.5) is 0 Å². The van der Waals surface area contributed by atoms with Gasteiger partial charge in [-0.25, -0.2) is 0 Å².